The maximum Gasteiger partial charge on any atom is 0.223 e. The van der Waals surface area contributed by atoms with Gasteiger partial charge in [-0.15, -0.1) is 0 Å². The van der Waals surface area contributed by atoms with E-state index in [0.717, 1.165) is 31.8 Å². The summed E-state index contributed by atoms with van der Waals surface area (Å²) in [4.78, 5) is 17.1. The van der Waals surface area contributed by atoms with Crippen LogP contribution in [0.1, 0.15) is 24.4 Å². The van der Waals surface area contributed by atoms with E-state index in [1.807, 2.05) is 53.4 Å². The Hall–Kier alpha value is -2.33. The molecule has 25 heavy (non-hydrogen) atoms. The van der Waals surface area contributed by atoms with E-state index >= 15 is 0 Å². The third-order valence-corrected chi connectivity index (χ3v) is 4.64. The molecule has 1 atom stereocenters. The number of rotatable bonds is 6. The summed E-state index contributed by atoms with van der Waals surface area (Å²) in [6, 6.07) is 20.2. The Kier molecular flexibility index (Phi) is 6.07. The Morgan fingerprint density at radius 1 is 1.04 bits per heavy atom. The molecule has 0 spiro atoms. The number of carbonyl (C=O) groups is 1. The van der Waals surface area contributed by atoms with Crippen LogP contribution in [0.3, 0.4) is 0 Å². The van der Waals surface area contributed by atoms with Crippen LogP contribution in [-0.4, -0.2) is 49.0 Å². The van der Waals surface area contributed by atoms with E-state index in [2.05, 4.69) is 24.1 Å². The average Bonchev–Trinajstić information content (AvgIpc) is 2.66. The lowest BCUT2D eigenvalue weighted by Crippen LogP contribution is -2.49. The molecule has 0 aliphatic carbocycles. The summed E-state index contributed by atoms with van der Waals surface area (Å²) < 4.78 is 5.69. The van der Waals surface area contributed by atoms with Crippen LogP contribution in [0.25, 0.3) is 0 Å². The van der Waals surface area contributed by atoms with Crippen LogP contribution in [-0.2, 0) is 4.79 Å². The molecule has 0 saturated carbocycles. The van der Waals surface area contributed by atoms with Crippen molar-refractivity contribution in [2.45, 2.75) is 18.9 Å². The van der Waals surface area contributed by atoms with Gasteiger partial charge in [0.15, 0.2) is 0 Å². The number of nitrogens with zero attached hydrogens (tertiary/aromatic N) is 2. The summed E-state index contributed by atoms with van der Waals surface area (Å²) in [5.74, 6) is 1.08. The molecule has 1 saturated heterocycles. The number of benzene rings is 2. The Balaban J connectivity index is 1.54. The topological polar surface area (TPSA) is 32.8 Å². The first-order chi connectivity index (χ1) is 12.2. The van der Waals surface area contributed by atoms with E-state index in [1.165, 1.54) is 5.56 Å². The van der Waals surface area contributed by atoms with Crippen LogP contribution in [0.5, 0.6) is 5.75 Å². The van der Waals surface area contributed by atoms with Crippen LogP contribution >= 0.6 is 0 Å². The normalized spacial score (nSPS) is 18.1. The number of piperazine rings is 1. The number of hydrogen-bond acceptors (Lipinski definition) is 3. The molecule has 0 bridgehead atoms. The summed E-state index contributed by atoms with van der Waals surface area (Å²) >= 11 is 0. The first-order valence-electron chi connectivity index (χ1n) is 8.95. The molecule has 4 nitrogen and oxygen atoms in total. The summed E-state index contributed by atoms with van der Waals surface area (Å²) in [5.41, 5.74) is 1.21. The first-order valence-corrected chi connectivity index (χ1v) is 8.95. The fourth-order valence-corrected chi connectivity index (χ4v) is 3.25. The molecule has 0 aromatic heterocycles. The molecule has 1 amide bonds. The van der Waals surface area contributed by atoms with Crippen molar-refractivity contribution < 1.29 is 9.53 Å². The smallest absolute Gasteiger partial charge is 0.223 e. The van der Waals surface area contributed by atoms with Crippen molar-refractivity contribution in [3.8, 4) is 5.75 Å². The van der Waals surface area contributed by atoms with Gasteiger partial charge in [-0.1, -0.05) is 48.5 Å². The zero-order chi connectivity index (χ0) is 17.5. The van der Waals surface area contributed by atoms with Gasteiger partial charge in [-0.25, -0.2) is 0 Å². The molecule has 1 aliphatic rings. The van der Waals surface area contributed by atoms with Gasteiger partial charge in [-0.2, -0.15) is 0 Å². The molecular weight excluding hydrogens is 312 g/mol. The number of carbonyl (C=O) groups excluding carboxylic acids is 1. The van der Waals surface area contributed by atoms with Crippen molar-refractivity contribution in [1.29, 1.82) is 0 Å². The quantitative estimate of drug-likeness (QED) is 0.757. The molecule has 1 fully saturated rings. The molecule has 132 valence electrons. The van der Waals surface area contributed by atoms with Gasteiger partial charge in [0.1, 0.15) is 5.75 Å². The fraction of sp³-hybridized carbons (Fsp3) is 0.381. The summed E-state index contributed by atoms with van der Waals surface area (Å²) in [6.07, 6.45) is 1.27. The van der Waals surface area contributed by atoms with E-state index in [1.54, 1.807) is 0 Å². The van der Waals surface area contributed by atoms with Gasteiger partial charge >= 0.3 is 0 Å². The minimum atomic E-state index is 0.141. The molecule has 1 heterocycles. The van der Waals surface area contributed by atoms with E-state index in [0.29, 0.717) is 13.0 Å². The fourth-order valence-electron chi connectivity index (χ4n) is 3.25. The lowest BCUT2D eigenvalue weighted by atomic mass is 10.0. The standard InChI is InChI=1S/C21H26N2O2/c1-22-14-15-23(20(17-22)18-9-4-2-5-10-18)21(24)13-8-16-25-19-11-6-3-7-12-19/h2-7,9-12,20H,8,13-17H2,1H3. The minimum absolute atomic E-state index is 0.141. The summed E-state index contributed by atoms with van der Waals surface area (Å²) in [7, 11) is 2.12. The monoisotopic (exact) mass is 338 g/mol. The van der Waals surface area contributed by atoms with Crippen LogP contribution in [0.2, 0.25) is 0 Å². The second kappa shape index (κ2) is 8.67. The van der Waals surface area contributed by atoms with Crippen molar-refractivity contribution in [3.63, 3.8) is 0 Å². The Morgan fingerprint density at radius 3 is 2.44 bits per heavy atom. The third-order valence-electron chi connectivity index (χ3n) is 4.64. The van der Waals surface area contributed by atoms with Gasteiger partial charge in [0.2, 0.25) is 5.91 Å². The molecule has 2 aromatic carbocycles. The largest absolute Gasteiger partial charge is 0.494 e. The molecule has 1 aliphatic heterocycles. The maximum absolute atomic E-state index is 12.8. The first kappa shape index (κ1) is 17.5. The van der Waals surface area contributed by atoms with Gasteiger partial charge in [-0.05, 0) is 31.2 Å². The third kappa shape index (κ3) is 4.83. The van der Waals surface area contributed by atoms with Crippen LogP contribution in [0, 0.1) is 0 Å². The van der Waals surface area contributed by atoms with Gasteiger partial charge in [0.25, 0.3) is 0 Å². The molecule has 0 radical (unpaired) electrons. The van der Waals surface area contributed by atoms with E-state index in [9.17, 15) is 4.79 Å². The van der Waals surface area contributed by atoms with E-state index < -0.39 is 0 Å². The molecule has 0 N–H and O–H groups in total. The predicted octanol–water partition coefficient (Wildman–Crippen LogP) is 3.36. The lowest BCUT2D eigenvalue weighted by Gasteiger charge is -2.40. The van der Waals surface area contributed by atoms with Crippen molar-refractivity contribution in [2.75, 3.05) is 33.3 Å². The van der Waals surface area contributed by atoms with Gasteiger partial charge in [0, 0.05) is 26.1 Å². The lowest BCUT2D eigenvalue weighted by molar-refractivity contribution is -0.136. The van der Waals surface area contributed by atoms with Crippen molar-refractivity contribution >= 4 is 5.91 Å². The van der Waals surface area contributed by atoms with Crippen LogP contribution in [0.4, 0.5) is 0 Å². The second-order valence-corrected chi connectivity index (χ2v) is 6.54. The second-order valence-electron chi connectivity index (χ2n) is 6.54. The van der Waals surface area contributed by atoms with Crippen molar-refractivity contribution in [1.82, 2.24) is 9.80 Å². The summed E-state index contributed by atoms with van der Waals surface area (Å²) in [5, 5.41) is 0. The molecule has 2 aromatic rings. The highest BCUT2D eigenvalue weighted by Gasteiger charge is 2.29. The number of ether oxygens (including phenoxy) is 1. The highest BCUT2D eigenvalue weighted by Crippen LogP contribution is 2.25. The SMILES string of the molecule is CN1CCN(C(=O)CCCOc2ccccc2)C(c2ccccc2)C1. The number of hydrogen-bond donors (Lipinski definition) is 0. The molecule has 4 heteroatoms. The van der Waals surface area contributed by atoms with Crippen molar-refractivity contribution in [3.05, 3.63) is 66.2 Å². The van der Waals surface area contributed by atoms with E-state index in [4.69, 9.17) is 4.74 Å². The zero-order valence-corrected chi connectivity index (χ0v) is 14.8. The van der Waals surface area contributed by atoms with E-state index in [-0.39, 0.29) is 11.9 Å². The molecule has 3 rings (SSSR count). The molecular formula is C21H26N2O2. The maximum atomic E-state index is 12.8. The van der Waals surface area contributed by atoms with Crippen LogP contribution in [0.15, 0.2) is 60.7 Å². The number of para-hydroxylation sites is 1. The highest BCUT2D eigenvalue weighted by molar-refractivity contribution is 5.77. The summed E-state index contributed by atoms with van der Waals surface area (Å²) in [6.45, 7) is 3.17. The van der Waals surface area contributed by atoms with Gasteiger partial charge in [-0.3, -0.25) is 4.79 Å². The number of likely N-dealkylation sites (N-methyl/N-ethyl adjacent to an activating group) is 1. The Morgan fingerprint density at radius 2 is 1.72 bits per heavy atom. The average molecular weight is 338 g/mol. The Bertz CT molecular complexity index is 660. The van der Waals surface area contributed by atoms with Gasteiger partial charge < -0.3 is 14.5 Å². The van der Waals surface area contributed by atoms with Crippen LogP contribution < -0.4 is 4.74 Å². The molecule has 1 unspecified atom stereocenters. The number of amides is 1. The van der Waals surface area contributed by atoms with Gasteiger partial charge in [0.05, 0.1) is 12.6 Å². The predicted molar refractivity (Wildman–Crippen MR) is 99.6 cm³/mol. The highest BCUT2D eigenvalue weighted by atomic mass is 16.5. The minimum Gasteiger partial charge on any atom is -0.494 e. The van der Waals surface area contributed by atoms with Crippen molar-refractivity contribution in [2.24, 2.45) is 0 Å². The zero-order valence-electron chi connectivity index (χ0n) is 14.8. The Labute approximate surface area is 150 Å².